The molecule has 116 valence electrons. The summed E-state index contributed by atoms with van der Waals surface area (Å²) in [5.41, 5.74) is 2.19. The molecule has 0 fully saturated rings. The lowest BCUT2D eigenvalue weighted by molar-refractivity contribution is -0.142. The molecule has 1 aliphatic rings. The summed E-state index contributed by atoms with van der Waals surface area (Å²) in [6.45, 7) is 0.423. The number of carboxylic acids is 1. The van der Waals surface area contributed by atoms with Gasteiger partial charge in [-0.25, -0.2) is 4.79 Å². The van der Waals surface area contributed by atoms with Gasteiger partial charge < -0.3 is 9.84 Å². The average molecular weight is 314 g/mol. The lowest BCUT2D eigenvalue weighted by atomic mass is 10.0. The van der Waals surface area contributed by atoms with Gasteiger partial charge >= 0.3 is 5.97 Å². The molecule has 1 aromatic rings. The first-order chi connectivity index (χ1) is 9.99. The van der Waals surface area contributed by atoms with Crippen molar-refractivity contribution in [2.75, 3.05) is 26.3 Å². The second-order valence-electron chi connectivity index (χ2n) is 4.70. The van der Waals surface area contributed by atoms with Gasteiger partial charge in [0.15, 0.2) is 0 Å². The fourth-order valence-electron chi connectivity index (χ4n) is 2.17. The van der Waals surface area contributed by atoms with Gasteiger partial charge in [0, 0.05) is 19.6 Å². The third kappa shape index (κ3) is 4.50. The highest BCUT2D eigenvalue weighted by atomic mass is 32.2. The maximum absolute atomic E-state index is 12.1. The molecule has 0 radical (unpaired) electrons. The van der Waals surface area contributed by atoms with Gasteiger partial charge in [-0.3, -0.25) is 0 Å². The molecule has 0 aromatic heterocycles. The van der Waals surface area contributed by atoms with Crippen LogP contribution in [0.2, 0.25) is 0 Å². The van der Waals surface area contributed by atoms with Crippen molar-refractivity contribution in [1.82, 2.24) is 9.03 Å². The highest BCUT2D eigenvalue weighted by Gasteiger charge is 2.25. The summed E-state index contributed by atoms with van der Waals surface area (Å²) < 4.78 is 32.9. The van der Waals surface area contributed by atoms with Crippen LogP contribution < -0.4 is 4.72 Å². The summed E-state index contributed by atoms with van der Waals surface area (Å²) in [7, 11) is -3.57. The summed E-state index contributed by atoms with van der Waals surface area (Å²) in [4.78, 5) is 10.3. The van der Waals surface area contributed by atoms with Crippen molar-refractivity contribution in [3.05, 3.63) is 35.4 Å². The van der Waals surface area contributed by atoms with Crippen LogP contribution in [-0.4, -0.2) is 50.1 Å². The van der Waals surface area contributed by atoms with Crippen LogP contribution in [0, 0.1) is 0 Å². The maximum atomic E-state index is 12.1. The zero-order valence-electron chi connectivity index (χ0n) is 11.5. The van der Waals surface area contributed by atoms with E-state index < -0.39 is 22.8 Å². The van der Waals surface area contributed by atoms with Crippen molar-refractivity contribution in [1.29, 1.82) is 0 Å². The minimum Gasteiger partial charge on any atom is -0.480 e. The molecular formula is C13H18N2O5S. The molecule has 8 heteroatoms. The van der Waals surface area contributed by atoms with E-state index in [0.29, 0.717) is 19.5 Å². The third-order valence-corrected chi connectivity index (χ3v) is 4.75. The van der Waals surface area contributed by atoms with Gasteiger partial charge in [0.2, 0.25) is 0 Å². The van der Waals surface area contributed by atoms with Crippen LogP contribution in [0.3, 0.4) is 0 Å². The van der Waals surface area contributed by atoms with E-state index in [-0.39, 0.29) is 13.2 Å². The third-order valence-electron chi connectivity index (χ3n) is 3.19. The van der Waals surface area contributed by atoms with Gasteiger partial charge in [-0.2, -0.15) is 17.4 Å². The zero-order valence-corrected chi connectivity index (χ0v) is 12.3. The smallest absolute Gasteiger partial charge is 0.329 e. The van der Waals surface area contributed by atoms with Crippen LogP contribution in [0.5, 0.6) is 0 Å². The Balaban J connectivity index is 1.85. The minimum atomic E-state index is -3.57. The molecular weight excluding hydrogens is 296 g/mol. The Morgan fingerprint density at radius 2 is 2.05 bits per heavy atom. The lowest BCUT2D eigenvalue weighted by Crippen LogP contribution is -2.44. The molecule has 0 bridgehead atoms. The number of nitrogens with zero attached hydrogens (tertiary/aromatic N) is 1. The van der Waals surface area contributed by atoms with Gasteiger partial charge in [-0.05, 0) is 17.5 Å². The van der Waals surface area contributed by atoms with E-state index in [1.54, 1.807) is 0 Å². The monoisotopic (exact) mass is 314 g/mol. The number of hydrogen-bond acceptors (Lipinski definition) is 4. The molecule has 0 amide bonds. The number of nitrogens with one attached hydrogen (secondary N) is 1. The van der Waals surface area contributed by atoms with Gasteiger partial charge in [-0.15, -0.1) is 0 Å². The number of carbonyl (C=O) groups is 1. The average Bonchev–Trinajstić information content (AvgIpc) is 2.46. The Hall–Kier alpha value is -1.48. The SMILES string of the molecule is O=C(O)COCCNS(=O)(=O)N1CCc2ccccc2C1. The molecule has 1 aliphatic heterocycles. The number of benzene rings is 1. The Morgan fingerprint density at radius 3 is 2.76 bits per heavy atom. The first-order valence-corrected chi connectivity index (χ1v) is 8.04. The maximum Gasteiger partial charge on any atom is 0.329 e. The Bertz CT molecular complexity index is 602. The van der Waals surface area contributed by atoms with Gasteiger partial charge in [0.25, 0.3) is 10.2 Å². The summed E-state index contributed by atoms with van der Waals surface area (Å²) >= 11 is 0. The summed E-state index contributed by atoms with van der Waals surface area (Å²) in [5.74, 6) is -1.08. The van der Waals surface area contributed by atoms with Crippen LogP contribution in [-0.2, 0) is 32.7 Å². The van der Waals surface area contributed by atoms with Crippen LogP contribution in [0.4, 0.5) is 0 Å². The molecule has 0 saturated heterocycles. The Morgan fingerprint density at radius 1 is 1.33 bits per heavy atom. The number of hydrogen-bond donors (Lipinski definition) is 2. The van der Waals surface area contributed by atoms with Crippen molar-refractivity contribution in [3.63, 3.8) is 0 Å². The number of fused-ring (bicyclic) bond motifs is 1. The molecule has 2 N–H and O–H groups in total. The van der Waals surface area contributed by atoms with Crippen molar-refractivity contribution in [2.24, 2.45) is 0 Å². The fourth-order valence-corrected chi connectivity index (χ4v) is 3.33. The van der Waals surface area contributed by atoms with Crippen molar-refractivity contribution in [2.45, 2.75) is 13.0 Å². The van der Waals surface area contributed by atoms with E-state index in [2.05, 4.69) is 4.72 Å². The van der Waals surface area contributed by atoms with E-state index in [4.69, 9.17) is 9.84 Å². The molecule has 1 aromatic carbocycles. The van der Waals surface area contributed by atoms with E-state index in [1.165, 1.54) is 9.87 Å². The predicted molar refractivity (Wildman–Crippen MR) is 75.9 cm³/mol. The Labute approximate surface area is 123 Å². The quantitative estimate of drug-likeness (QED) is 0.690. The van der Waals surface area contributed by atoms with Crippen molar-refractivity contribution < 1.29 is 23.1 Å². The van der Waals surface area contributed by atoms with Crippen LogP contribution in [0.25, 0.3) is 0 Å². The highest BCUT2D eigenvalue weighted by Crippen LogP contribution is 2.19. The minimum absolute atomic E-state index is 0.0238. The summed E-state index contributed by atoms with van der Waals surface area (Å²) in [6.07, 6.45) is 0.687. The van der Waals surface area contributed by atoms with Crippen LogP contribution in [0.1, 0.15) is 11.1 Å². The standard InChI is InChI=1S/C13H18N2O5S/c16-13(17)10-20-8-6-14-21(18,19)15-7-5-11-3-1-2-4-12(11)9-15/h1-4,14H,5-10H2,(H,16,17). The molecule has 0 aliphatic carbocycles. The number of ether oxygens (including phenoxy) is 1. The molecule has 7 nitrogen and oxygen atoms in total. The first-order valence-electron chi connectivity index (χ1n) is 6.60. The predicted octanol–water partition coefficient (Wildman–Crippen LogP) is -0.0197. The number of carboxylic acid groups (broad SMARTS) is 1. The van der Waals surface area contributed by atoms with Crippen LogP contribution in [0.15, 0.2) is 24.3 Å². The highest BCUT2D eigenvalue weighted by molar-refractivity contribution is 7.87. The van der Waals surface area contributed by atoms with Gasteiger partial charge in [0.1, 0.15) is 6.61 Å². The van der Waals surface area contributed by atoms with Gasteiger partial charge in [-0.1, -0.05) is 24.3 Å². The Kier molecular flexibility index (Phi) is 5.29. The second-order valence-corrected chi connectivity index (χ2v) is 6.45. The van der Waals surface area contributed by atoms with Crippen molar-refractivity contribution in [3.8, 4) is 0 Å². The zero-order chi connectivity index (χ0) is 15.3. The normalized spacial score (nSPS) is 15.6. The lowest BCUT2D eigenvalue weighted by Gasteiger charge is -2.28. The summed E-state index contributed by atoms with van der Waals surface area (Å²) in [6, 6.07) is 7.77. The number of aliphatic carboxylic acids is 1. The molecule has 0 unspecified atom stereocenters. The number of rotatable bonds is 7. The molecule has 21 heavy (non-hydrogen) atoms. The van der Waals surface area contributed by atoms with E-state index >= 15 is 0 Å². The second kappa shape index (κ2) is 6.99. The molecule has 0 saturated carbocycles. The van der Waals surface area contributed by atoms with Crippen LogP contribution >= 0.6 is 0 Å². The molecule has 2 rings (SSSR count). The molecule has 0 spiro atoms. The topological polar surface area (TPSA) is 95.9 Å². The first kappa shape index (κ1) is 15.9. The van der Waals surface area contributed by atoms with Gasteiger partial charge in [0.05, 0.1) is 6.61 Å². The molecule has 0 atom stereocenters. The largest absolute Gasteiger partial charge is 0.480 e. The van der Waals surface area contributed by atoms with Crippen molar-refractivity contribution >= 4 is 16.2 Å². The summed E-state index contributed by atoms with van der Waals surface area (Å²) in [5, 5.41) is 8.40. The molecule has 1 heterocycles. The van der Waals surface area contributed by atoms with E-state index in [9.17, 15) is 13.2 Å². The fraction of sp³-hybridized carbons (Fsp3) is 0.462. The van der Waals surface area contributed by atoms with E-state index in [1.807, 2.05) is 24.3 Å². The van der Waals surface area contributed by atoms with E-state index in [0.717, 1.165) is 5.56 Å².